The van der Waals surface area contributed by atoms with E-state index in [2.05, 4.69) is 28.1 Å². The smallest absolute Gasteiger partial charge is 0.205 e. The Labute approximate surface area is 101 Å². The first-order valence-electron chi connectivity index (χ1n) is 6.00. The first-order valence-corrected chi connectivity index (χ1v) is 6.77. The number of aromatic nitrogens is 2. The van der Waals surface area contributed by atoms with E-state index in [1.165, 1.54) is 11.5 Å². The zero-order chi connectivity index (χ0) is 11.8. The molecule has 0 amide bonds. The lowest BCUT2D eigenvalue weighted by Crippen LogP contribution is -2.27. The Balaban J connectivity index is 2.59. The van der Waals surface area contributed by atoms with Gasteiger partial charge in [-0.2, -0.15) is 4.37 Å². The number of anilines is 1. The van der Waals surface area contributed by atoms with Crippen LogP contribution in [-0.4, -0.2) is 34.2 Å². The molecule has 0 saturated carbocycles. The van der Waals surface area contributed by atoms with Crippen molar-refractivity contribution < 1.29 is 5.11 Å². The molecular weight excluding hydrogens is 222 g/mol. The van der Waals surface area contributed by atoms with E-state index < -0.39 is 0 Å². The summed E-state index contributed by atoms with van der Waals surface area (Å²) in [6, 6.07) is 0. The summed E-state index contributed by atoms with van der Waals surface area (Å²) in [6.07, 6.45) is 4.30. The first-order chi connectivity index (χ1) is 7.81. The monoisotopic (exact) mass is 243 g/mol. The minimum Gasteiger partial charge on any atom is -0.395 e. The Morgan fingerprint density at radius 2 is 2.06 bits per heavy atom. The molecule has 0 aliphatic rings. The normalized spacial score (nSPS) is 10.7. The lowest BCUT2D eigenvalue weighted by Gasteiger charge is -2.19. The molecule has 1 rings (SSSR count). The predicted octanol–water partition coefficient (Wildman–Crippen LogP) is 2.09. The fraction of sp³-hybridized carbons (Fsp3) is 0.818. The van der Waals surface area contributed by atoms with E-state index in [4.69, 9.17) is 5.11 Å². The largest absolute Gasteiger partial charge is 0.395 e. The van der Waals surface area contributed by atoms with Gasteiger partial charge in [-0.25, -0.2) is 4.98 Å². The van der Waals surface area contributed by atoms with Crippen LogP contribution in [0.2, 0.25) is 0 Å². The summed E-state index contributed by atoms with van der Waals surface area (Å²) in [6.45, 7) is 6.08. The third-order valence-corrected chi connectivity index (χ3v) is 3.17. The standard InChI is InChI=1S/C11H21N3OS/c1-3-5-7-14(8-9-15)11-12-10(6-4-2)13-16-11/h15H,3-9H2,1-2H3. The van der Waals surface area contributed by atoms with Crippen LogP contribution in [0, 0.1) is 0 Å². The maximum Gasteiger partial charge on any atom is 0.205 e. The molecule has 1 aromatic rings. The maximum absolute atomic E-state index is 9.02. The number of hydrogen-bond donors (Lipinski definition) is 1. The molecule has 0 bridgehead atoms. The lowest BCUT2D eigenvalue weighted by atomic mass is 10.3. The van der Waals surface area contributed by atoms with Crippen LogP contribution >= 0.6 is 11.5 Å². The summed E-state index contributed by atoms with van der Waals surface area (Å²) in [5.74, 6) is 0.932. The molecule has 0 aromatic carbocycles. The van der Waals surface area contributed by atoms with Crippen LogP contribution in [0.15, 0.2) is 0 Å². The molecule has 0 spiro atoms. The van der Waals surface area contributed by atoms with Crippen LogP contribution in [0.5, 0.6) is 0 Å². The summed E-state index contributed by atoms with van der Waals surface area (Å²) in [5, 5.41) is 9.97. The van der Waals surface area contributed by atoms with Gasteiger partial charge in [-0.1, -0.05) is 20.3 Å². The van der Waals surface area contributed by atoms with Gasteiger partial charge in [-0.3, -0.25) is 0 Å². The third-order valence-electron chi connectivity index (χ3n) is 2.35. The fourth-order valence-electron chi connectivity index (χ4n) is 1.47. The number of unbranched alkanes of at least 4 members (excludes halogenated alkanes) is 1. The Morgan fingerprint density at radius 1 is 1.25 bits per heavy atom. The van der Waals surface area contributed by atoms with Crippen molar-refractivity contribution in [2.75, 3.05) is 24.6 Å². The Bertz CT molecular complexity index is 291. The van der Waals surface area contributed by atoms with E-state index >= 15 is 0 Å². The molecule has 0 aliphatic heterocycles. The molecule has 16 heavy (non-hydrogen) atoms. The molecule has 1 N–H and O–H groups in total. The van der Waals surface area contributed by atoms with Gasteiger partial charge in [0.15, 0.2) is 0 Å². The molecule has 92 valence electrons. The summed E-state index contributed by atoms with van der Waals surface area (Å²) in [4.78, 5) is 6.62. The number of hydrogen-bond acceptors (Lipinski definition) is 5. The summed E-state index contributed by atoms with van der Waals surface area (Å²) >= 11 is 1.44. The topological polar surface area (TPSA) is 49.2 Å². The zero-order valence-corrected chi connectivity index (χ0v) is 11.0. The minimum atomic E-state index is 0.173. The Hall–Kier alpha value is -0.680. The highest BCUT2D eigenvalue weighted by atomic mass is 32.1. The van der Waals surface area contributed by atoms with Crippen molar-refractivity contribution in [3.05, 3.63) is 5.82 Å². The van der Waals surface area contributed by atoms with E-state index in [0.717, 1.165) is 43.2 Å². The van der Waals surface area contributed by atoms with E-state index in [9.17, 15) is 0 Å². The average molecular weight is 243 g/mol. The molecule has 4 nitrogen and oxygen atoms in total. The van der Waals surface area contributed by atoms with Crippen LogP contribution in [0.4, 0.5) is 5.13 Å². The van der Waals surface area contributed by atoms with Crippen LogP contribution in [0.1, 0.15) is 38.9 Å². The van der Waals surface area contributed by atoms with Crippen LogP contribution in [0.25, 0.3) is 0 Å². The van der Waals surface area contributed by atoms with Crippen molar-refractivity contribution in [3.8, 4) is 0 Å². The van der Waals surface area contributed by atoms with E-state index in [1.807, 2.05) is 0 Å². The molecule has 0 saturated heterocycles. The van der Waals surface area contributed by atoms with Gasteiger partial charge in [0.1, 0.15) is 5.82 Å². The Kier molecular flexibility index (Phi) is 6.33. The van der Waals surface area contributed by atoms with Crippen molar-refractivity contribution in [1.29, 1.82) is 0 Å². The van der Waals surface area contributed by atoms with Gasteiger partial charge >= 0.3 is 0 Å². The molecule has 5 heteroatoms. The molecule has 0 aliphatic carbocycles. The second-order valence-electron chi connectivity index (χ2n) is 3.81. The highest BCUT2D eigenvalue weighted by Crippen LogP contribution is 2.18. The number of rotatable bonds is 8. The van der Waals surface area contributed by atoms with Crippen molar-refractivity contribution in [2.24, 2.45) is 0 Å². The molecular formula is C11H21N3OS. The van der Waals surface area contributed by atoms with Crippen molar-refractivity contribution in [3.63, 3.8) is 0 Å². The van der Waals surface area contributed by atoms with E-state index in [1.54, 1.807) is 0 Å². The number of aliphatic hydroxyl groups excluding tert-OH is 1. The van der Waals surface area contributed by atoms with Crippen LogP contribution < -0.4 is 4.90 Å². The van der Waals surface area contributed by atoms with Crippen LogP contribution in [0.3, 0.4) is 0 Å². The van der Waals surface area contributed by atoms with Gasteiger partial charge in [0.05, 0.1) is 6.61 Å². The van der Waals surface area contributed by atoms with Crippen LogP contribution in [-0.2, 0) is 6.42 Å². The van der Waals surface area contributed by atoms with E-state index in [0.29, 0.717) is 6.54 Å². The van der Waals surface area contributed by atoms with Gasteiger partial charge in [-0.15, -0.1) is 0 Å². The first kappa shape index (κ1) is 13.4. The highest BCUT2D eigenvalue weighted by Gasteiger charge is 2.11. The molecule has 1 heterocycles. The molecule has 0 fully saturated rings. The summed E-state index contributed by atoms with van der Waals surface area (Å²) < 4.78 is 4.32. The van der Waals surface area contributed by atoms with Crippen molar-refractivity contribution in [1.82, 2.24) is 9.36 Å². The van der Waals surface area contributed by atoms with Gasteiger partial charge < -0.3 is 10.0 Å². The Morgan fingerprint density at radius 3 is 2.69 bits per heavy atom. The van der Waals surface area contributed by atoms with Gasteiger partial charge in [0, 0.05) is 31.0 Å². The zero-order valence-electron chi connectivity index (χ0n) is 10.1. The number of aliphatic hydroxyl groups is 1. The van der Waals surface area contributed by atoms with Crippen molar-refractivity contribution >= 4 is 16.7 Å². The molecule has 0 atom stereocenters. The third kappa shape index (κ3) is 4.06. The van der Waals surface area contributed by atoms with Gasteiger partial charge in [-0.05, 0) is 12.8 Å². The van der Waals surface area contributed by atoms with Crippen molar-refractivity contribution in [2.45, 2.75) is 39.5 Å². The molecule has 0 radical (unpaired) electrons. The minimum absolute atomic E-state index is 0.173. The van der Waals surface area contributed by atoms with E-state index in [-0.39, 0.29) is 6.61 Å². The second-order valence-corrected chi connectivity index (χ2v) is 4.54. The SMILES string of the molecule is CCCCN(CCO)c1nc(CCC)ns1. The highest BCUT2D eigenvalue weighted by molar-refractivity contribution is 7.09. The predicted molar refractivity (Wildman–Crippen MR) is 68.1 cm³/mol. The second kappa shape index (κ2) is 7.57. The molecule has 1 aromatic heterocycles. The average Bonchev–Trinajstić information content (AvgIpc) is 2.73. The molecule has 0 unspecified atom stereocenters. The number of nitrogens with zero attached hydrogens (tertiary/aromatic N) is 3. The summed E-state index contributed by atoms with van der Waals surface area (Å²) in [7, 11) is 0. The lowest BCUT2D eigenvalue weighted by molar-refractivity contribution is 0.301. The van der Waals surface area contributed by atoms with Gasteiger partial charge in [0.2, 0.25) is 5.13 Å². The maximum atomic E-state index is 9.02. The van der Waals surface area contributed by atoms with Gasteiger partial charge in [0.25, 0.3) is 0 Å². The quantitative estimate of drug-likeness (QED) is 0.759. The fourth-order valence-corrected chi connectivity index (χ4v) is 2.23. The number of aryl methyl sites for hydroxylation is 1. The summed E-state index contributed by atoms with van der Waals surface area (Å²) in [5.41, 5.74) is 0.